The largest absolute Gasteiger partial charge is 0.377 e. The Kier molecular flexibility index (Phi) is 5.54. The minimum absolute atomic E-state index is 0.380. The third-order valence-electron chi connectivity index (χ3n) is 3.42. The van der Waals surface area contributed by atoms with Gasteiger partial charge in [-0.3, -0.25) is 0 Å². The van der Waals surface area contributed by atoms with Crippen molar-refractivity contribution in [3.05, 3.63) is 39.3 Å². The molecular weight excluding hydrogens is 318 g/mol. The van der Waals surface area contributed by atoms with Gasteiger partial charge >= 0.3 is 11.7 Å². The fraction of sp³-hybridized carbons (Fsp3) is 0.467. The molecule has 0 atom stereocenters. The Morgan fingerprint density at radius 2 is 1.87 bits per heavy atom. The molecule has 8 heteroatoms. The summed E-state index contributed by atoms with van der Waals surface area (Å²) in [6, 6.07) is 4.80. The molecule has 23 heavy (non-hydrogen) atoms. The summed E-state index contributed by atoms with van der Waals surface area (Å²) in [6.45, 7) is 6.90. The zero-order chi connectivity index (χ0) is 17.0. The molecular formula is C15H20ClN5O2. The molecule has 0 aliphatic heterocycles. The minimum atomic E-state index is -0.622. The van der Waals surface area contributed by atoms with Gasteiger partial charge < -0.3 is 4.90 Å². The second-order valence-corrected chi connectivity index (χ2v) is 5.67. The Bertz CT molecular complexity index is 726. The van der Waals surface area contributed by atoms with E-state index in [9.17, 15) is 9.59 Å². The summed E-state index contributed by atoms with van der Waals surface area (Å²) in [4.78, 5) is 26.6. The average molecular weight is 338 g/mol. The highest BCUT2D eigenvalue weighted by atomic mass is 35.5. The summed E-state index contributed by atoms with van der Waals surface area (Å²) in [5, 5.41) is 7.92. The number of tetrazole rings is 1. The van der Waals surface area contributed by atoms with E-state index in [-0.39, 0.29) is 0 Å². The fourth-order valence-electron chi connectivity index (χ4n) is 2.37. The van der Waals surface area contributed by atoms with Crippen LogP contribution in [0, 0.1) is 6.92 Å². The zero-order valence-electron chi connectivity index (χ0n) is 13.5. The van der Waals surface area contributed by atoms with Crippen molar-refractivity contribution in [2.24, 2.45) is 0 Å². The third kappa shape index (κ3) is 3.44. The van der Waals surface area contributed by atoms with Gasteiger partial charge in [0, 0.05) is 13.1 Å². The van der Waals surface area contributed by atoms with Crippen molar-refractivity contribution in [3.63, 3.8) is 0 Å². The van der Waals surface area contributed by atoms with E-state index >= 15 is 0 Å². The highest BCUT2D eigenvalue weighted by molar-refractivity contribution is 6.32. The Labute approximate surface area is 139 Å². The number of carbonyl (C=O) groups is 1. The molecule has 0 unspecified atom stereocenters. The first kappa shape index (κ1) is 17.2. The van der Waals surface area contributed by atoms with E-state index < -0.39 is 11.7 Å². The lowest BCUT2D eigenvalue weighted by molar-refractivity contribution is 0.194. The van der Waals surface area contributed by atoms with E-state index in [2.05, 4.69) is 10.4 Å². The van der Waals surface area contributed by atoms with Crippen LogP contribution in [0.1, 0.15) is 32.3 Å². The maximum Gasteiger partial charge on any atom is 0.377 e. The van der Waals surface area contributed by atoms with Crippen molar-refractivity contribution >= 4 is 17.6 Å². The lowest BCUT2D eigenvalue weighted by atomic mass is 10.2. The summed E-state index contributed by atoms with van der Waals surface area (Å²) >= 11 is 6.15. The van der Waals surface area contributed by atoms with Crippen LogP contribution in [0.25, 0.3) is 5.69 Å². The standard InChI is InChI=1S/C15H20ClN5O2/c1-4-9-19(10-5-2)14(22)21-15(23)20(17-18-21)13-11(3)7-6-8-12(13)16/h6-8H,4-5,9-10H2,1-3H3. The highest BCUT2D eigenvalue weighted by Crippen LogP contribution is 2.21. The van der Waals surface area contributed by atoms with Gasteiger partial charge in [-0.15, -0.1) is 4.68 Å². The van der Waals surface area contributed by atoms with Crippen molar-refractivity contribution < 1.29 is 4.79 Å². The first-order valence-electron chi connectivity index (χ1n) is 7.61. The smallest absolute Gasteiger partial charge is 0.323 e. The number of aromatic nitrogens is 4. The predicted molar refractivity (Wildman–Crippen MR) is 88.3 cm³/mol. The van der Waals surface area contributed by atoms with Crippen LogP contribution in [-0.2, 0) is 0 Å². The Balaban J connectivity index is 2.43. The molecule has 0 fully saturated rings. The molecule has 1 aromatic heterocycles. The van der Waals surface area contributed by atoms with E-state index in [1.807, 2.05) is 26.8 Å². The maximum absolute atomic E-state index is 12.5. The van der Waals surface area contributed by atoms with Crippen LogP contribution in [0.2, 0.25) is 5.02 Å². The minimum Gasteiger partial charge on any atom is -0.323 e. The van der Waals surface area contributed by atoms with Crippen LogP contribution >= 0.6 is 11.6 Å². The first-order valence-corrected chi connectivity index (χ1v) is 7.98. The third-order valence-corrected chi connectivity index (χ3v) is 3.73. The molecule has 0 bridgehead atoms. The SMILES string of the molecule is CCCN(CCC)C(=O)n1nnn(-c2c(C)cccc2Cl)c1=O. The van der Waals surface area contributed by atoms with Gasteiger partial charge in [-0.2, -0.15) is 4.68 Å². The molecule has 0 saturated heterocycles. The maximum atomic E-state index is 12.5. The van der Waals surface area contributed by atoms with Gasteiger partial charge in [-0.25, -0.2) is 9.59 Å². The van der Waals surface area contributed by atoms with E-state index in [0.717, 1.165) is 27.8 Å². The van der Waals surface area contributed by atoms with Gasteiger partial charge in [0.05, 0.1) is 10.7 Å². The number of halogens is 1. The van der Waals surface area contributed by atoms with Crippen LogP contribution in [0.3, 0.4) is 0 Å². The fourth-order valence-corrected chi connectivity index (χ4v) is 2.68. The number of hydrogen-bond acceptors (Lipinski definition) is 4. The van der Waals surface area contributed by atoms with E-state index in [4.69, 9.17) is 11.6 Å². The van der Waals surface area contributed by atoms with Crippen LogP contribution in [0.5, 0.6) is 0 Å². The Morgan fingerprint density at radius 3 is 2.43 bits per heavy atom. The van der Waals surface area contributed by atoms with Crippen LogP contribution < -0.4 is 5.69 Å². The number of aryl methyl sites for hydroxylation is 1. The van der Waals surface area contributed by atoms with Gasteiger partial charge in [-0.05, 0) is 41.8 Å². The summed E-state index contributed by atoms with van der Waals surface area (Å²) < 4.78 is 1.85. The molecule has 2 aromatic rings. The molecule has 0 saturated carbocycles. The van der Waals surface area contributed by atoms with E-state index in [0.29, 0.717) is 23.8 Å². The monoisotopic (exact) mass is 337 g/mol. The number of benzene rings is 1. The molecule has 0 spiro atoms. The molecule has 2 rings (SSSR count). The van der Waals surface area contributed by atoms with Gasteiger partial charge in [0.15, 0.2) is 0 Å². The molecule has 0 aliphatic carbocycles. The number of para-hydroxylation sites is 1. The first-order chi connectivity index (χ1) is 11.0. The molecule has 124 valence electrons. The zero-order valence-corrected chi connectivity index (χ0v) is 14.2. The van der Waals surface area contributed by atoms with Crippen LogP contribution in [-0.4, -0.2) is 43.8 Å². The summed E-state index contributed by atoms with van der Waals surface area (Å²) in [7, 11) is 0. The Morgan fingerprint density at radius 1 is 1.22 bits per heavy atom. The highest BCUT2D eigenvalue weighted by Gasteiger charge is 2.22. The summed E-state index contributed by atoms with van der Waals surface area (Å²) in [5.41, 5.74) is 0.595. The molecule has 7 nitrogen and oxygen atoms in total. The van der Waals surface area contributed by atoms with Gasteiger partial charge in [0.1, 0.15) is 0 Å². The Hall–Kier alpha value is -2.15. The predicted octanol–water partition coefficient (Wildman–Crippen LogP) is 2.48. The van der Waals surface area contributed by atoms with Crippen LogP contribution in [0.4, 0.5) is 4.79 Å². The number of rotatable bonds is 5. The molecule has 1 heterocycles. The molecule has 1 aromatic carbocycles. The van der Waals surface area contributed by atoms with Crippen molar-refractivity contribution in [2.75, 3.05) is 13.1 Å². The van der Waals surface area contributed by atoms with Crippen molar-refractivity contribution in [1.82, 2.24) is 24.7 Å². The van der Waals surface area contributed by atoms with Crippen LogP contribution in [0.15, 0.2) is 23.0 Å². The molecule has 1 amide bonds. The van der Waals surface area contributed by atoms with Crippen molar-refractivity contribution in [3.8, 4) is 5.69 Å². The van der Waals surface area contributed by atoms with E-state index in [1.54, 1.807) is 17.0 Å². The van der Waals surface area contributed by atoms with Crippen molar-refractivity contribution in [2.45, 2.75) is 33.6 Å². The summed E-state index contributed by atoms with van der Waals surface area (Å²) in [5.74, 6) is 0. The van der Waals surface area contributed by atoms with Gasteiger partial charge in [0.25, 0.3) is 0 Å². The molecule has 0 aliphatic rings. The average Bonchev–Trinajstić information content (AvgIpc) is 2.88. The van der Waals surface area contributed by atoms with Crippen molar-refractivity contribution in [1.29, 1.82) is 0 Å². The number of nitrogens with zero attached hydrogens (tertiary/aromatic N) is 5. The van der Waals surface area contributed by atoms with Gasteiger partial charge in [0.2, 0.25) is 0 Å². The topological polar surface area (TPSA) is 73.0 Å². The second-order valence-electron chi connectivity index (χ2n) is 5.26. The lowest BCUT2D eigenvalue weighted by Gasteiger charge is -2.19. The summed E-state index contributed by atoms with van der Waals surface area (Å²) in [6.07, 6.45) is 1.61. The lowest BCUT2D eigenvalue weighted by Crippen LogP contribution is -2.41. The van der Waals surface area contributed by atoms with E-state index in [1.165, 1.54) is 0 Å². The number of hydrogen-bond donors (Lipinski definition) is 0. The van der Waals surface area contributed by atoms with Gasteiger partial charge in [-0.1, -0.05) is 37.6 Å². The number of amides is 1. The molecule has 0 radical (unpaired) electrons. The quantitative estimate of drug-likeness (QED) is 0.786. The normalized spacial score (nSPS) is 10.8. The molecule has 0 N–H and O–H groups in total. The second kappa shape index (κ2) is 7.41. The number of carbonyl (C=O) groups excluding carboxylic acids is 1.